The molecule has 2 aromatic carbocycles. The molecule has 1 atom stereocenters. The summed E-state index contributed by atoms with van der Waals surface area (Å²) in [6.45, 7) is 3.16. The second-order valence-electron chi connectivity index (χ2n) is 8.74. The molecule has 0 fully saturated rings. The zero-order valence-electron chi connectivity index (χ0n) is 19.2. The summed E-state index contributed by atoms with van der Waals surface area (Å²) >= 11 is 0. The molecule has 8 heteroatoms. The molecule has 5 rings (SSSR count). The number of hydrogen-bond acceptors (Lipinski definition) is 7. The van der Waals surface area contributed by atoms with E-state index in [0.717, 1.165) is 39.0 Å². The first kappa shape index (κ1) is 22.1. The number of esters is 1. The van der Waals surface area contributed by atoms with E-state index in [1.807, 2.05) is 43.1 Å². The molecule has 0 bridgehead atoms. The van der Waals surface area contributed by atoms with Gasteiger partial charge in [-0.1, -0.05) is 18.2 Å². The maximum atomic E-state index is 11.8. The lowest BCUT2D eigenvalue weighted by Gasteiger charge is -2.22. The summed E-state index contributed by atoms with van der Waals surface area (Å²) in [5.41, 5.74) is 7.19. The minimum Gasteiger partial charge on any atom is -0.457 e. The predicted octanol–water partition coefficient (Wildman–Crippen LogP) is 3.34. The van der Waals surface area contributed by atoms with Crippen LogP contribution in [0, 0.1) is 6.92 Å². The average Bonchev–Trinajstić information content (AvgIpc) is 3.34. The standard InChI is InChI=1S/C26H25N3O5/c1-15-19(7-8-20-21(15)14-33-25(20)31)23(30)13-28(2)12-18-6-4-17(11-27-18)16-5-9-24-22(10-16)29(3)26(32)34-24/h4-11,23,30H,12-14H2,1-3H3/t23-/m0/s1. The van der Waals surface area contributed by atoms with Crippen molar-refractivity contribution in [3.05, 3.63) is 87.2 Å². The number of ether oxygens (including phenoxy) is 1. The van der Waals surface area contributed by atoms with Crippen LogP contribution in [0.5, 0.6) is 0 Å². The van der Waals surface area contributed by atoms with Gasteiger partial charge in [0.2, 0.25) is 0 Å². The molecule has 0 aliphatic carbocycles. The van der Waals surface area contributed by atoms with Gasteiger partial charge < -0.3 is 14.3 Å². The van der Waals surface area contributed by atoms with Crippen LogP contribution in [0.2, 0.25) is 0 Å². The number of hydrogen-bond donors (Lipinski definition) is 1. The lowest BCUT2D eigenvalue weighted by atomic mass is 9.95. The van der Waals surface area contributed by atoms with E-state index >= 15 is 0 Å². The highest BCUT2D eigenvalue weighted by molar-refractivity contribution is 5.94. The lowest BCUT2D eigenvalue weighted by molar-refractivity contribution is 0.0535. The van der Waals surface area contributed by atoms with Crippen LogP contribution in [0.4, 0.5) is 0 Å². The first-order chi connectivity index (χ1) is 16.3. The van der Waals surface area contributed by atoms with Crippen molar-refractivity contribution in [1.29, 1.82) is 0 Å². The van der Waals surface area contributed by atoms with Crippen LogP contribution in [-0.4, -0.2) is 39.1 Å². The Labute approximate surface area is 196 Å². The Morgan fingerprint density at radius 3 is 2.71 bits per heavy atom. The fourth-order valence-corrected chi connectivity index (χ4v) is 4.46. The van der Waals surface area contributed by atoms with Crippen molar-refractivity contribution < 1.29 is 19.1 Å². The number of aromatic nitrogens is 2. The average molecular weight is 460 g/mol. The van der Waals surface area contributed by atoms with Gasteiger partial charge in [-0.3, -0.25) is 14.5 Å². The number of likely N-dealkylation sites (N-methyl/N-ethyl adjacent to an activating group) is 1. The van der Waals surface area contributed by atoms with E-state index < -0.39 is 6.10 Å². The van der Waals surface area contributed by atoms with Crippen molar-refractivity contribution in [3.8, 4) is 11.1 Å². The molecular formula is C26H25N3O5. The van der Waals surface area contributed by atoms with E-state index in [2.05, 4.69) is 4.98 Å². The van der Waals surface area contributed by atoms with E-state index in [9.17, 15) is 14.7 Å². The van der Waals surface area contributed by atoms with Crippen LogP contribution < -0.4 is 5.76 Å². The first-order valence-corrected chi connectivity index (χ1v) is 11.0. The number of aliphatic hydroxyl groups is 1. The third kappa shape index (κ3) is 3.91. The number of fused-ring (bicyclic) bond motifs is 2. The topological polar surface area (TPSA) is 97.8 Å². The zero-order valence-corrected chi connectivity index (χ0v) is 19.2. The normalized spacial score (nSPS) is 14.0. The van der Waals surface area contributed by atoms with Crippen molar-refractivity contribution in [2.24, 2.45) is 7.05 Å². The van der Waals surface area contributed by atoms with Gasteiger partial charge in [-0.05, 0) is 54.9 Å². The number of benzene rings is 2. The Balaban J connectivity index is 1.27. The fraction of sp³-hybridized carbons (Fsp3) is 0.269. The van der Waals surface area contributed by atoms with E-state index in [1.165, 1.54) is 4.57 Å². The third-order valence-corrected chi connectivity index (χ3v) is 6.43. The van der Waals surface area contributed by atoms with Gasteiger partial charge in [-0.15, -0.1) is 0 Å². The van der Waals surface area contributed by atoms with Crippen molar-refractivity contribution in [2.75, 3.05) is 13.6 Å². The Bertz CT molecular complexity index is 1450. The molecule has 8 nitrogen and oxygen atoms in total. The summed E-state index contributed by atoms with van der Waals surface area (Å²) < 4.78 is 11.8. The summed E-state index contributed by atoms with van der Waals surface area (Å²) in [5.74, 6) is -0.692. The van der Waals surface area contributed by atoms with Crippen molar-refractivity contribution in [1.82, 2.24) is 14.5 Å². The number of nitrogens with zero attached hydrogens (tertiary/aromatic N) is 3. The van der Waals surface area contributed by atoms with Crippen molar-refractivity contribution in [2.45, 2.75) is 26.2 Å². The first-order valence-electron chi connectivity index (χ1n) is 11.0. The molecule has 0 saturated heterocycles. The fourth-order valence-electron chi connectivity index (χ4n) is 4.46. The monoisotopic (exact) mass is 459 g/mol. The Morgan fingerprint density at radius 2 is 1.94 bits per heavy atom. The summed E-state index contributed by atoms with van der Waals surface area (Å²) in [4.78, 5) is 30.1. The van der Waals surface area contributed by atoms with Gasteiger partial charge in [0.15, 0.2) is 5.58 Å². The molecule has 0 radical (unpaired) electrons. The minimum atomic E-state index is -0.696. The number of aliphatic hydroxyl groups excluding tert-OH is 1. The number of rotatable bonds is 6. The number of pyridine rings is 1. The zero-order chi connectivity index (χ0) is 24.0. The molecule has 0 unspecified atom stereocenters. The molecule has 34 heavy (non-hydrogen) atoms. The molecule has 2 aromatic heterocycles. The van der Waals surface area contributed by atoms with Crippen LogP contribution in [0.3, 0.4) is 0 Å². The van der Waals surface area contributed by atoms with Gasteiger partial charge in [0.1, 0.15) is 6.61 Å². The Morgan fingerprint density at radius 1 is 1.15 bits per heavy atom. The lowest BCUT2D eigenvalue weighted by Crippen LogP contribution is -2.25. The second kappa shape index (κ2) is 8.55. The molecule has 0 saturated carbocycles. The van der Waals surface area contributed by atoms with Gasteiger partial charge in [-0.2, -0.15) is 0 Å². The van der Waals surface area contributed by atoms with Crippen LogP contribution in [-0.2, 0) is 24.9 Å². The van der Waals surface area contributed by atoms with Crippen LogP contribution >= 0.6 is 0 Å². The van der Waals surface area contributed by atoms with Crippen LogP contribution in [0.1, 0.15) is 38.8 Å². The Hall–Kier alpha value is -3.75. The highest BCUT2D eigenvalue weighted by atomic mass is 16.5. The smallest absolute Gasteiger partial charge is 0.419 e. The highest BCUT2D eigenvalue weighted by Gasteiger charge is 2.26. The molecular weight excluding hydrogens is 434 g/mol. The number of carbonyl (C=O) groups is 1. The predicted molar refractivity (Wildman–Crippen MR) is 126 cm³/mol. The number of carbonyl (C=O) groups excluding carboxylic acids is 1. The van der Waals surface area contributed by atoms with E-state index in [4.69, 9.17) is 9.15 Å². The molecule has 1 aliphatic heterocycles. The highest BCUT2D eigenvalue weighted by Crippen LogP contribution is 2.29. The van der Waals surface area contributed by atoms with Gasteiger partial charge in [-0.25, -0.2) is 9.59 Å². The van der Waals surface area contributed by atoms with Crippen molar-refractivity contribution >= 4 is 17.1 Å². The maximum absolute atomic E-state index is 11.8. The largest absolute Gasteiger partial charge is 0.457 e. The molecule has 1 N–H and O–H groups in total. The molecule has 0 spiro atoms. The third-order valence-electron chi connectivity index (χ3n) is 6.43. The number of aryl methyl sites for hydroxylation is 1. The Kier molecular flexibility index (Phi) is 5.55. The molecule has 0 amide bonds. The molecule has 3 heterocycles. The van der Waals surface area contributed by atoms with Crippen LogP contribution in [0.25, 0.3) is 22.2 Å². The van der Waals surface area contributed by atoms with Crippen LogP contribution in [0.15, 0.2) is 57.9 Å². The van der Waals surface area contributed by atoms with Crippen molar-refractivity contribution in [3.63, 3.8) is 0 Å². The summed E-state index contributed by atoms with van der Waals surface area (Å²) in [6, 6.07) is 13.1. The number of cyclic esters (lactones) is 1. The van der Waals surface area contributed by atoms with Gasteiger partial charge >= 0.3 is 11.7 Å². The minimum absolute atomic E-state index is 0.260. The summed E-state index contributed by atoms with van der Waals surface area (Å²) in [6.07, 6.45) is 1.11. The molecule has 4 aromatic rings. The quantitative estimate of drug-likeness (QED) is 0.442. The van der Waals surface area contributed by atoms with Gasteiger partial charge in [0.05, 0.1) is 22.9 Å². The molecule has 1 aliphatic rings. The second-order valence-corrected chi connectivity index (χ2v) is 8.74. The maximum Gasteiger partial charge on any atom is 0.419 e. The summed E-state index contributed by atoms with van der Waals surface area (Å²) in [7, 11) is 3.61. The van der Waals surface area contributed by atoms with E-state index in [0.29, 0.717) is 24.2 Å². The number of oxazole rings is 1. The molecule has 174 valence electrons. The summed E-state index contributed by atoms with van der Waals surface area (Å²) in [5, 5.41) is 10.8. The SMILES string of the molecule is Cc1c([C@@H](O)CN(C)Cc2ccc(-c3ccc4oc(=O)n(C)c4c3)cn2)ccc2c1COC2=O. The van der Waals surface area contributed by atoms with Gasteiger partial charge in [0, 0.05) is 37.5 Å². The van der Waals surface area contributed by atoms with E-state index in [1.54, 1.807) is 31.4 Å². The van der Waals surface area contributed by atoms with E-state index in [-0.39, 0.29) is 18.3 Å². The van der Waals surface area contributed by atoms with Gasteiger partial charge in [0.25, 0.3) is 0 Å².